The number of rotatable bonds is 2. The largest absolute Gasteiger partial charge is 0.381 e. The minimum absolute atomic E-state index is 0.361. The Balaban J connectivity index is 1.68. The van der Waals surface area contributed by atoms with Gasteiger partial charge < -0.3 is 9.64 Å². The van der Waals surface area contributed by atoms with Crippen LogP contribution in [0.4, 0.5) is 0 Å². The van der Waals surface area contributed by atoms with Crippen molar-refractivity contribution in [2.45, 2.75) is 62.9 Å². The van der Waals surface area contributed by atoms with Crippen LogP contribution in [0.5, 0.6) is 0 Å². The van der Waals surface area contributed by atoms with E-state index < -0.39 is 0 Å². The highest BCUT2D eigenvalue weighted by Crippen LogP contribution is 2.44. The lowest BCUT2D eigenvalue weighted by molar-refractivity contribution is -0.145. The molecule has 3 aliphatic rings. The van der Waals surface area contributed by atoms with E-state index in [1.807, 2.05) is 6.07 Å². The van der Waals surface area contributed by atoms with Gasteiger partial charge in [0.15, 0.2) is 0 Å². The molecule has 3 heterocycles. The van der Waals surface area contributed by atoms with Crippen LogP contribution in [0.2, 0.25) is 0 Å². The summed E-state index contributed by atoms with van der Waals surface area (Å²) in [6.07, 6.45) is 8.34. The predicted molar refractivity (Wildman–Crippen MR) is 94.8 cm³/mol. The maximum atomic E-state index is 13.8. The molecule has 0 aromatic heterocycles. The molecule has 3 saturated heterocycles. The van der Waals surface area contributed by atoms with Crippen LogP contribution < -0.4 is 0 Å². The van der Waals surface area contributed by atoms with Gasteiger partial charge in [-0.05, 0) is 51.0 Å². The number of carbonyl (C=O) groups excluding carboxylic acids is 1. The summed E-state index contributed by atoms with van der Waals surface area (Å²) in [6.45, 7) is 3.50. The van der Waals surface area contributed by atoms with Crippen molar-refractivity contribution in [3.63, 3.8) is 0 Å². The van der Waals surface area contributed by atoms with Crippen molar-refractivity contribution >= 4 is 5.91 Å². The minimum atomic E-state index is -0.381. The SMILES string of the molecule is CC=C1CC2CCC(C1)N2C(=O)C1(c2ccccc2)CCOCC1. The Morgan fingerprint density at radius 3 is 2.33 bits per heavy atom. The summed E-state index contributed by atoms with van der Waals surface area (Å²) >= 11 is 0. The number of amides is 1. The van der Waals surface area contributed by atoms with Gasteiger partial charge >= 0.3 is 0 Å². The molecule has 3 heteroatoms. The normalized spacial score (nSPS) is 28.7. The molecule has 1 aromatic carbocycles. The van der Waals surface area contributed by atoms with Crippen molar-refractivity contribution in [3.05, 3.63) is 47.5 Å². The summed E-state index contributed by atoms with van der Waals surface area (Å²) in [5.74, 6) is 0.361. The van der Waals surface area contributed by atoms with Crippen molar-refractivity contribution in [1.82, 2.24) is 4.90 Å². The first-order valence-corrected chi connectivity index (χ1v) is 9.35. The van der Waals surface area contributed by atoms with Crippen LogP contribution in [0.3, 0.4) is 0 Å². The second-order valence-corrected chi connectivity index (χ2v) is 7.51. The van der Waals surface area contributed by atoms with Crippen molar-refractivity contribution in [2.75, 3.05) is 13.2 Å². The van der Waals surface area contributed by atoms with Crippen molar-refractivity contribution in [1.29, 1.82) is 0 Å². The van der Waals surface area contributed by atoms with Gasteiger partial charge in [0.2, 0.25) is 5.91 Å². The van der Waals surface area contributed by atoms with E-state index in [4.69, 9.17) is 4.74 Å². The Kier molecular flexibility index (Phi) is 4.21. The van der Waals surface area contributed by atoms with Crippen LogP contribution in [0.1, 0.15) is 51.0 Å². The molecule has 4 rings (SSSR count). The summed E-state index contributed by atoms with van der Waals surface area (Å²) in [7, 11) is 0. The molecule has 128 valence electrons. The zero-order valence-corrected chi connectivity index (χ0v) is 14.5. The van der Waals surface area contributed by atoms with E-state index in [2.05, 4.69) is 42.2 Å². The number of piperidine rings is 1. The second-order valence-electron chi connectivity index (χ2n) is 7.51. The van der Waals surface area contributed by atoms with Gasteiger partial charge in [0, 0.05) is 25.3 Å². The lowest BCUT2D eigenvalue weighted by Crippen LogP contribution is -2.55. The van der Waals surface area contributed by atoms with E-state index in [9.17, 15) is 4.79 Å². The highest BCUT2D eigenvalue weighted by Gasteiger charge is 2.50. The molecule has 2 unspecified atom stereocenters. The first kappa shape index (κ1) is 15.9. The predicted octanol–water partition coefficient (Wildman–Crippen LogP) is 3.83. The van der Waals surface area contributed by atoms with Crippen molar-refractivity contribution < 1.29 is 9.53 Å². The molecular formula is C21H27NO2. The van der Waals surface area contributed by atoms with E-state index in [-0.39, 0.29) is 5.41 Å². The Hall–Kier alpha value is -1.61. The number of carbonyl (C=O) groups is 1. The topological polar surface area (TPSA) is 29.5 Å². The van der Waals surface area contributed by atoms with E-state index in [0.29, 0.717) is 31.2 Å². The lowest BCUT2D eigenvalue weighted by atomic mass is 9.72. The number of fused-ring (bicyclic) bond motifs is 2. The average Bonchev–Trinajstić information content (AvgIpc) is 2.91. The van der Waals surface area contributed by atoms with Gasteiger partial charge in [-0.1, -0.05) is 42.0 Å². The molecule has 0 radical (unpaired) electrons. The molecular weight excluding hydrogens is 298 g/mol. The van der Waals surface area contributed by atoms with Crippen molar-refractivity contribution in [3.8, 4) is 0 Å². The fourth-order valence-electron chi connectivity index (χ4n) is 4.97. The number of allylic oxidation sites excluding steroid dienone is 1. The minimum Gasteiger partial charge on any atom is -0.381 e. The Bertz CT molecular complexity index is 614. The maximum Gasteiger partial charge on any atom is 0.233 e. The van der Waals surface area contributed by atoms with Crippen LogP contribution in [0.25, 0.3) is 0 Å². The molecule has 3 nitrogen and oxygen atoms in total. The van der Waals surface area contributed by atoms with Crippen LogP contribution >= 0.6 is 0 Å². The Morgan fingerprint density at radius 1 is 1.12 bits per heavy atom. The maximum absolute atomic E-state index is 13.8. The van der Waals surface area contributed by atoms with Gasteiger partial charge in [-0.3, -0.25) is 4.79 Å². The molecule has 0 saturated carbocycles. The van der Waals surface area contributed by atoms with Gasteiger partial charge in [-0.25, -0.2) is 0 Å². The van der Waals surface area contributed by atoms with Gasteiger partial charge in [-0.2, -0.15) is 0 Å². The molecule has 0 N–H and O–H groups in total. The fraction of sp³-hybridized carbons (Fsp3) is 0.571. The van der Waals surface area contributed by atoms with Crippen LogP contribution in [-0.4, -0.2) is 36.1 Å². The smallest absolute Gasteiger partial charge is 0.233 e. The summed E-state index contributed by atoms with van der Waals surface area (Å²) in [6, 6.07) is 11.2. The molecule has 1 aromatic rings. The third-order valence-electron chi connectivity index (χ3n) is 6.34. The zero-order chi connectivity index (χ0) is 16.6. The number of ether oxygens (including phenoxy) is 1. The fourth-order valence-corrected chi connectivity index (χ4v) is 4.97. The summed E-state index contributed by atoms with van der Waals surface area (Å²) in [4.78, 5) is 16.1. The summed E-state index contributed by atoms with van der Waals surface area (Å²) < 4.78 is 5.61. The zero-order valence-electron chi connectivity index (χ0n) is 14.5. The highest BCUT2D eigenvalue weighted by molar-refractivity contribution is 5.89. The molecule has 3 fully saturated rings. The van der Waals surface area contributed by atoms with Gasteiger partial charge in [0.25, 0.3) is 0 Å². The summed E-state index contributed by atoms with van der Waals surface area (Å²) in [5, 5.41) is 0. The van der Waals surface area contributed by atoms with E-state index in [1.54, 1.807) is 0 Å². The van der Waals surface area contributed by atoms with Crippen LogP contribution in [0.15, 0.2) is 42.0 Å². The first-order valence-electron chi connectivity index (χ1n) is 9.35. The first-order chi connectivity index (χ1) is 11.7. The quantitative estimate of drug-likeness (QED) is 0.773. The molecule has 2 atom stereocenters. The second kappa shape index (κ2) is 6.36. The highest BCUT2D eigenvalue weighted by atomic mass is 16.5. The third-order valence-corrected chi connectivity index (χ3v) is 6.34. The lowest BCUT2D eigenvalue weighted by Gasteiger charge is -2.45. The number of benzene rings is 1. The van der Waals surface area contributed by atoms with Crippen LogP contribution in [0, 0.1) is 0 Å². The molecule has 0 spiro atoms. The molecule has 0 aliphatic carbocycles. The van der Waals surface area contributed by atoms with Crippen LogP contribution in [-0.2, 0) is 14.9 Å². The van der Waals surface area contributed by atoms with Gasteiger partial charge in [0.1, 0.15) is 0 Å². The van der Waals surface area contributed by atoms with Crippen molar-refractivity contribution in [2.24, 2.45) is 0 Å². The molecule has 24 heavy (non-hydrogen) atoms. The number of hydrogen-bond acceptors (Lipinski definition) is 2. The Morgan fingerprint density at radius 2 is 1.75 bits per heavy atom. The average molecular weight is 325 g/mol. The van der Waals surface area contributed by atoms with E-state index in [1.165, 1.54) is 11.1 Å². The van der Waals surface area contributed by atoms with E-state index >= 15 is 0 Å². The standard InChI is InChI=1S/C21H27NO2/c1-2-16-14-18-8-9-19(15-16)22(18)20(23)21(10-12-24-13-11-21)17-6-4-3-5-7-17/h2-7,18-19H,8-15H2,1H3. The molecule has 2 bridgehead atoms. The third kappa shape index (κ3) is 2.50. The van der Waals surface area contributed by atoms with Gasteiger partial charge in [-0.15, -0.1) is 0 Å². The molecule has 1 amide bonds. The van der Waals surface area contributed by atoms with E-state index in [0.717, 1.165) is 38.5 Å². The monoisotopic (exact) mass is 325 g/mol. The number of nitrogens with zero attached hydrogens (tertiary/aromatic N) is 1. The van der Waals surface area contributed by atoms with Gasteiger partial charge in [0.05, 0.1) is 5.41 Å². The molecule has 3 aliphatic heterocycles. The summed E-state index contributed by atoms with van der Waals surface area (Å²) in [5.41, 5.74) is 2.33. The Labute approximate surface area is 144 Å². The number of hydrogen-bond donors (Lipinski definition) is 0.